The van der Waals surface area contributed by atoms with E-state index in [0.717, 1.165) is 32.0 Å². The van der Waals surface area contributed by atoms with Gasteiger partial charge in [-0.1, -0.05) is 159 Å². The predicted molar refractivity (Wildman–Crippen MR) is 223 cm³/mol. The molecule has 10 rings (SSSR count). The van der Waals surface area contributed by atoms with E-state index in [-0.39, 0.29) is 57.9 Å². The summed E-state index contributed by atoms with van der Waals surface area (Å²) in [5.41, 5.74) is 4.75. The molecule has 250 valence electrons. The van der Waals surface area contributed by atoms with Crippen molar-refractivity contribution in [3.05, 3.63) is 191 Å². The van der Waals surface area contributed by atoms with E-state index in [9.17, 15) is 0 Å². The molecule has 0 unspecified atom stereocenters. The third kappa shape index (κ3) is 5.79. The average Bonchev–Trinajstić information content (AvgIpc) is 3.16. The van der Waals surface area contributed by atoms with Crippen molar-refractivity contribution in [1.29, 1.82) is 0 Å². The summed E-state index contributed by atoms with van der Waals surface area (Å²) in [5, 5.41) is 18.9. The van der Waals surface area contributed by atoms with Crippen molar-refractivity contribution in [2.75, 3.05) is 0 Å². The molecule has 0 aliphatic heterocycles. The Bertz CT molecular complexity index is 2930. The Morgan fingerprint density at radius 2 is 0.509 bits per heavy atom. The van der Waals surface area contributed by atoms with Gasteiger partial charge in [-0.05, 0) is 132 Å². The third-order valence-corrected chi connectivity index (χ3v) is 10.6. The van der Waals surface area contributed by atoms with Gasteiger partial charge >= 0.3 is 23.9 Å². The van der Waals surface area contributed by atoms with Gasteiger partial charge in [-0.15, -0.1) is 0 Å². The number of hydrogen-bond donors (Lipinski definition) is 0. The maximum Gasteiger partial charge on any atom is 2.00 e. The summed E-state index contributed by atoms with van der Waals surface area (Å²) < 4.78 is 0. The van der Waals surface area contributed by atoms with E-state index >= 15 is 0 Å². The molecule has 53 heavy (non-hydrogen) atoms. The maximum absolute atomic E-state index is 4.96. The minimum absolute atomic E-state index is 0. The van der Waals surface area contributed by atoms with Crippen LogP contribution in [-0.4, -0.2) is 23.9 Å². The molecule has 0 saturated carbocycles. The molecule has 0 atom stereocenters. The van der Waals surface area contributed by atoms with Crippen LogP contribution in [0.4, 0.5) is 0 Å². The Labute approximate surface area is 345 Å². The first-order chi connectivity index (χ1) is 24.7. The molecule has 10 aromatic carbocycles. The Balaban J connectivity index is 0.00000145. The molecule has 0 aliphatic carbocycles. The van der Waals surface area contributed by atoms with Gasteiger partial charge in [0.05, 0.1) is 0 Å². The predicted octanol–water partition coefficient (Wildman–Crippen LogP) is 5.67. The van der Waals surface area contributed by atoms with Crippen LogP contribution in [0, 0.1) is 10.4 Å². The molecular weight excluding hydrogens is 879 g/mol. The topological polar surface area (TPSA) is 0 Å². The van der Waals surface area contributed by atoms with Crippen molar-refractivity contribution in [1.82, 2.24) is 0 Å². The number of halogens is 2. The molecule has 0 N–H and O–H groups in total. The van der Waals surface area contributed by atoms with Crippen molar-refractivity contribution in [2.24, 2.45) is 0 Å². The second-order valence-corrected chi connectivity index (χ2v) is 13.4. The zero-order chi connectivity index (χ0) is 33.3. The first-order valence-electron chi connectivity index (χ1n) is 17.2. The van der Waals surface area contributed by atoms with E-state index in [1.54, 1.807) is 0 Å². The van der Waals surface area contributed by atoms with Crippen LogP contribution >= 0.6 is 0 Å². The summed E-state index contributed by atoms with van der Waals surface area (Å²) in [7, 11) is 0. The van der Waals surface area contributed by atoms with Gasteiger partial charge in [0, 0.05) is 0 Å². The van der Waals surface area contributed by atoms with Gasteiger partial charge in [0.25, 0.3) is 0 Å². The number of hydrogen-bond acceptors (Lipinski definition) is 0. The van der Waals surface area contributed by atoms with Gasteiger partial charge in [0.1, 0.15) is 0 Å². The van der Waals surface area contributed by atoms with Gasteiger partial charge in [0.2, 0.25) is 0 Å². The Morgan fingerprint density at radius 1 is 0.283 bits per heavy atom. The van der Waals surface area contributed by atoms with E-state index < -0.39 is 0 Å². The van der Waals surface area contributed by atoms with E-state index in [1.165, 1.54) is 75.8 Å². The smallest absolute Gasteiger partial charge is 1.00 e. The summed E-state index contributed by atoms with van der Waals surface area (Å²) >= 11 is 0. The Morgan fingerprint density at radius 3 is 0.792 bits per heavy atom. The molecule has 0 heterocycles. The Kier molecular flexibility index (Phi) is 10.1. The summed E-state index contributed by atoms with van der Waals surface area (Å²) in [6.45, 7) is 9.92. The van der Waals surface area contributed by atoms with Gasteiger partial charge in [-0.25, -0.2) is 0 Å². The zero-order valence-electron chi connectivity index (χ0n) is 28.8. The second-order valence-electron chi connectivity index (χ2n) is 13.4. The quantitative estimate of drug-likeness (QED) is 0.155. The molecule has 0 saturated heterocycles. The first kappa shape index (κ1) is 36.6. The van der Waals surface area contributed by atoms with Crippen LogP contribution in [-0.2, 0) is 0 Å². The monoisotopic (exact) mass is 910 g/mol. The molecule has 0 spiro atoms. The SMILES string of the molecule is C=c1c(-c2c3ccccc3cc3ccccc23)cc2ccccc2c1=c1c(=C)c(-c2c3ccccc3cc3ccccc23)cc2ccccc12.[Br-].[Br-].[Sn+2]. The molecule has 0 amide bonds. The first-order valence-corrected chi connectivity index (χ1v) is 17.2. The van der Waals surface area contributed by atoms with Gasteiger partial charge in [0.15, 0.2) is 0 Å². The van der Waals surface area contributed by atoms with Crippen LogP contribution in [0.25, 0.3) is 100 Å². The van der Waals surface area contributed by atoms with Gasteiger partial charge in [-0.3, -0.25) is 0 Å². The Hall–Kier alpha value is -4.74. The van der Waals surface area contributed by atoms with Crippen LogP contribution < -0.4 is 44.4 Å². The minimum atomic E-state index is 0. The van der Waals surface area contributed by atoms with Crippen molar-refractivity contribution in [3.63, 3.8) is 0 Å². The molecule has 3 heteroatoms. The third-order valence-electron chi connectivity index (χ3n) is 10.6. The van der Waals surface area contributed by atoms with E-state index in [1.807, 2.05) is 0 Å². The molecule has 0 aliphatic rings. The fourth-order valence-electron chi connectivity index (χ4n) is 8.41. The summed E-state index contributed by atoms with van der Waals surface area (Å²) in [5.74, 6) is 0. The van der Waals surface area contributed by atoms with Gasteiger partial charge in [-0.2, -0.15) is 0 Å². The number of benzene rings is 10. The van der Waals surface area contributed by atoms with Gasteiger partial charge < -0.3 is 34.0 Å². The molecule has 2 radical (unpaired) electrons. The largest absolute Gasteiger partial charge is 2.00 e. The molecule has 0 aromatic heterocycles. The van der Waals surface area contributed by atoms with E-state index in [0.29, 0.717) is 0 Å². The molecule has 0 bridgehead atoms. The van der Waals surface area contributed by atoms with Crippen LogP contribution in [0.3, 0.4) is 0 Å². The average molecular weight is 911 g/mol. The summed E-state index contributed by atoms with van der Waals surface area (Å²) in [6, 6.07) is 61.8. The van der Waals surface area contributed by atoms with Crippen LogP contribution in [0.15, 0.2) is 170 Å². The van der Waals surface area contributed by atoms with Crippen molar-refractivity contribution >= 4 is 102 Å². The summed E-state index contributed by atoms with van der Waals surface area (Å²) in [4.78, 5) is 0. The van der Waals surface area contributed by atoms with Crippen molar-refractivity contribution < 1.29 is 34.0 Å². The van der Waals surface area contributed by atoms with Crippen LogP contribution in [0.2, 0.25) is 0 Å². The number of fused-ring (bicyclic) bond motifs is 6. The molecule has 0 fully saturated rings. The van der Waals surface area contributed by atoms with E-state index in [4.69, 9.17) is 13.2 Å². The fourth-order valence-corrected chi connectivity index (χ4v) is 8.41. The van der Waals surface area contributed by atoms with Crippen molar-refractivity contribution in [2.45, 2.75) is 0 Å². The standard InChI is InChI=1S/C50H32.2BrH.Sn/c1-31-45(49-41-23-11-3-15-33(41)27-34-16-4-12-24-42(34)49)29-37-19-7-9-21-39(37)47(31)48-32(2)46(30-38-20-8-10-22-40(38)48)50-43-25-13-5-17-35(43)28-36-18-6-14-26-44(36)50;;;/h3-30H,1-2H2;2*1H;/q;;;+2/p-2. The van der Waals surface area contributed by atoms with Crippen LogP contribution in [0.5, 0.6) is 0 Å². The van der Waals surface area contributed by atoms with Crippen molar-refractivity contribution in [3.8, 4) is 22.3 Å². The second kappa shape index (κ2) is 14.6. The molecule has 10 aromatic rings. The minimum Gasteiger partial charge on any atom is -1.00 e. The maximum atomic E-state index is 4.96. The normalized spacial score (nSPS) is 11.8. The fraction of sp³-hybridized carbons (Fsp3) is 0. The van der Waals surface area contributed by atoms with E-state index in [2.05, 4.69) is 170 Å². The number of rotatable bonds is 2. The molecule has 0 nitrogen and oxygen atoms in total. The zero-order valence-corrected chi connectivity index (χ0v) is 34.9. The summed E-state index contributed by atoms with van der Waals surface area (Å²) in [6.07, 6.45) is 0. The van der Waals surface area contributed by atoms with Crippen LogP contribution in [0.1, 0.15) is 0 Å². The molecular formula is C50H32Br2Sn.